The van der Waals surface area contributed by atoms with Crippen LogP contribution < -0.4 is 29.1 Å². The number of hydrogen-bond donors (Lipinski definition) is 0. The van der Waals surface area contributed by atoms with Crippen molar-refractivity contribution in [1.82, 2.24) is 4.57 Å². The van der Waals surface area contributed by atoms with Crippen LogP contribution in [0.25, 0.3) is 6.08 Å². The second kappa shape index (κ2) is 11.4. The van der Waals surface area contributed by atoms with Crippen molar-refractivity contribution in [2.45, 2.75) is 32.9 Å². The maximum Gasteiger partial charge on any atom is 0.338 e. The van der Waals surface area contributed by atoms with Crippen molar-refractivity contribution in [1.29, 1.82) is 0 Å². The molecule has 0 saturated heterocycles. The van der Waals surface area contributed by atoms with Crippen LogP contribution in [-0.2, 0) is 9.53 Å². The lowest BCUT2D eigenvalue weighted by molar-refractivity contribution is -0.143. The summed E-state index contributed by atoms with van der Waals surface area (Å²) in [6.07, 6.45) is 6.72. The molecule has 38 heavy (non-hydrogen) atoms. The van der Waals surface area contributed by atoms with Gasteiger partial charge in [0.15, 0.2) is 16.3 Å². The SMILES string of the molecule is C#CCOc1ccc(/C=c2\sc3n(c2=O)C(c2ccc(OC)cc2)C(C(=O)OC(C)C)=C(C)N=3)cc1OC. The predicted molar refractivity (Wildman–Crippen MR) is 145 cm³/mol. The first-order chi connectivity index (χ1) is 18.3. The Hall–Kier alpha value is -4.29. The van der Waals surface area contributed by atoms with Crippen molar-refractivity contribution in [3.63, 3.8) is 0 Å². The highest BCUT2D eigenvalue weighted by Crippen LogP contribution is 2.32. The van der Waals surface area contributed by atoms with Gasteiger partial charge in [-0.15, -0.1) is 6.42 Å². The van der Waals surface area contributed by atoms with Gasteiger partial charge in [0.1, 0.15) is 12.4 Å². The smallest absolute Gasteiger partial charge is 0.338 e. The molecule has 0 saturated carbocycles. The molecule has 1 aromatic heterocycles. The van der Waals surface area contributed by atoms with Gasteiger partial charge in [0.25, 0.3) is 5.56 Å². The molecule has 0 bridgehead atoms. The summed E-state index contributed by atoms with van der Waals surface area (Å²) < 4.78 is 23.8. The Balaban J connectivity index is 1.87. The highest BCUT2D eigenvalue weighted by molar-refractivity contribution is 7.07. The van der Waals surface area contributed by atoms with Gasteiger partial charge in [0, 0.05) is 0 Å². The summed E-state index contributed by atoms with van der Waals surface area (Å²) in [5, 5.41) is 0. The number of esters is 1. The Kier molecular flexibility index (Phi) is 8.03. The largest absolute Gasteiger partial charge is 0.497 e. The number of terminal acetylenes is 1. The number of methoxy groups -OCH3 is 2. The van der Waals surface area contributed by atoms with Crippen LogP contribution in [0.1, 0.15) is 37.9 Å². The number of aromatic nitrogens is 1. The number of fused-ring (bicyclic) bond motifs is 1. The van der Waals surface area contributed by atoms with Crippen LogP contribution >= 0.6 is 11.3 Å². The zero-order valence-corrected chi connectivity index (χ0v) is 22.6. The predicted octanol–water partition coefficient (Wildman–Crippen LogP) is 3.22. The Labute approximate surface area is 224 Å². The van der Waals surface area contributed by atoms with Gasteiger partial charge in [0.2, 0.25) is 0 Å². The summed E-state index contributed by atoms with van der Waals surface area (Å²) in [5.74, 6) is 3.58. The van der Waals surface area contributed by atoms with E-state index in [2.05, 4.69) is 10.9 Å². The highest BCUT2D eigenvalue weighted by atomic mass is 32.1. The number of benzene rings is 2. The standard InChI is InChI=1S/C29H28N2O6S/c1-7-14-36-22-13-8-19(15-23(22)35-6)16-24-27(32)31-26(20-9-11-21(34-5)12-10-20)25(28(33)37-17(2)3)18(4)30-29(31)38-24/h1,8-13,15-17,26H,14H2,2-6H3/b24-16-. The second-order valence-corrected chi connectivity index (χ2v) is 9.72. The lowest BCUT2D eigenvalue weighted by Gasteiger charge is -2.25. The molecule has 0 aliphatic carbocycles. The molecule has 0 radical (unpaired) electrons. The van der Waals surface area contributed by atoms with Crippen LogP contribution in [0.5, 0.6) is 17.2 Å². The highest BCUT2D eigenvalue weighted by Gasteiger charge is 2.33. The average molecular weight is 533 g/mol. The molecule has 1 aliphatic rings. The van der Waals surface area contributed by atoms with E-state index in [1.807, 2.05) is 18.2 Å². The number of thiazole rings is 1. The van der Waals surface area contributed by atoms with Gasteiger partial charge >= 0.3 is 5.97 Å². The van der Waals surface area contributed by atoms with Crippen molar-refractivity contribution in [2.75, 3.05) is 20.8 Å². The molecule has 0 fully saturated rings. The van der Waals surface area contributed by atoms with Crippen molar-refractivity contribution >= 4 is 23.4 Å². The normalized spacial score (nSPS) is 15.0. The van der Waals surface area contributed by atoms with E-state index in [9.17, 15) is 9.59 Å². The van der Waals surface area contributed by atoms with Gasteiger partial charge in [-0.25, -0.2) is 9.79 Å². The molecule has 1 aliphatic heterocycles. The Morgan fingerprint density at radius 3 is 2.53 bits per heavy atom. The van der Waals surface area contributed by atoms with E-state index in [1.165, 1.54) is 18.4 Å². The fraction of sp³-hybridized carbons (Fsp3) is 0.276. The van der Waals surface area contributed by atoms with Crippen LogP contribution in [0.4, 0.5) is 0 Å². The molecule has 1 unspecified atom stereocenters. The molecule has 4 rings (SSSR count). The number of rotatable bonds is 8. The monoisotopic (exact) mass is 532 g/mol. The topological polar surface area (TPSA) is 88.4 Å². The maximum absolute atomic E-state index is 13.8. The van der Waals surface area contributed by atoms with Gasteiger partial charge in [-0.2, -0.15) is 0 Å². The van der Waals surface area contributed by atoms with Crippen molar-refractivity contribution in [2.24, 2.45) is 4.99 Å². The Morgan fingerprint density at radius 2 is 1.89 bits per heavy atom. The molecular formula is C29H28N2O6S. The molecule has 0 spiro atoms. The first-order valence-electron chi connectivity index (χ1n) is 11.9. The molecule has 8 nitrogen and oxygen atoms in total. The van der Waals surface area contributed by atoms with Crippen LogP contribution in [0.3, 0.4) is 0 Å². The summed E-state index contributed by atoms with van der Waals surface area (Å²) in [6.45, 7) is 5.43. The Morgan fingerprint density at radius 1 is 1.16 bits per heavy atom. The fourth-order valence-electron chi connectivity index (χ4n) is 4.13. The Bertz CT molecular complexity index is 1610. The lowest BCUT2D eigenvalue weighted by atomic mass is 9.96. The number of hydrogen-bond acceptors (Lipinski definition) is 8. The minimum absolute atomic E-state index is 0.112. The molecular weight excluding hydrogens is 504 g/mol. The third-order valence-corrected chi connectivity index (χ3v) is 6.80. The molecule has 1 atom stereocenters. The minimum atomic E-state index is -0.709. The average Bonchev–Trinajstić information content (AvgIpc) is 3.20. The summed E-state index contributed by atoms with van der Waals surface area (Å²) in [4.78, 5) is 32.1. The molecule has 9 heteroatoms. The molecule has 0 N–H and O–H groups in total. The van der Waals surface area contributed by atoms with E-state index in [0.717, 1.165) is 11.1 Å². The lowest BCUT2D eigenvalue weighted by Crippen LogP contribution is -2.40. The number of nitrogens with zero attached hydrogens (tertiary/aromatic N) is 2. The number of carbonyl (C=O) groups is 1. The van der Waals surface area contributed by atoms with Crippen LogP contribution in [0.2, 0.25) is 0 Å². The third-order valence-electron chi connectivity index (χ3n) is 5.81. The van der Waals surface area contributed by atoms with Gasteiger partial charge in [-0.05, 0) is 62.2 Å². The van der Waals surface area contributed by atoms with Crippen LogP contribution in [-0.4, -0.2) is 37.5 Å². The van der Waals surface area contributed by atoms with Gasteiger partial charge in [-0.1, -0.05) is 35.5 Å². The first-order valence-corrected chi connectivity index (χ1v) is 12.7. The van der Waals surface area contributed by atoms with E-state index in [4.69, 9.17) is 25.4 Å². The molecule has 0 amide bonds. The zero-order chi connectivity index (χ0) is 27.4. The van der Waals surface area contributed by atoms with Crippen molar-refractivity contribution in [3.8, 4) is 29.6 Å². The molecule has 196 valence electrons. The summed E-state index contributed by atoms with van der Waals surface area (Å²) in [7, 11) is 3.11. The van der Waals surface area contributed by atoms with Gasteiger partial charge in [-0.3, -0.25) is 9.36 Å². The van der Waals surface area contributed by atoms with Crippen LogP contribution in [0.15, 0.2) is 63.5 Å². The summed E-state index contributed by atoms with van der Waals surface area (Å²) in [6, 6.07) is 11.9. The number of carbonyl (C=O) groups excluding carboxylic acids is 1. The minimum Gasteiger partial charge on any atom is -0.497 e. The van der Waals surface area contributed by atoms with Gasteiger partial charge in [0.05, 0.1) is 42.2 Å². The second-order valence-electron chi connectivity index (χ2n) is 8.71. The quantitative estimate of drug-likeness (QED) is 0.327. The zero-order valence-electron chi connectivity index (χ0n) is 21.8. The molecule has 2 aromatic carbocycles. The van der Waals surface area contributed by atoms with Crippen molar-refractivity contribution in [3.05, 3.63) is 84.5 Å². The van der Waals surface area contributed by atoms with Gasteiger partial charge < -0.3 is 18.9 Å². The van der Waals surface area contributed by atoms with Crippen LogP contribution in [0, 0.1) is 12.3 Å². The number of ether oxygens (including phenoxy) is 4. The summed E-state index contributed by atoms with van der Waals surface area (Å²) in [5.41, 5.74) is 2.01. The fourth-order valence-corrected chi connectivity index (χ4v) is 5.17. The van der Waals surface area contributed by atoms with E-state index in [0.29, 0.717) is 37.9 Å². The summed E-state index contributed by atoms with van der Waals surface area (Å²) >= 11 is 1.24. The van der Waals surface area contributed by atoms with E-state index < -0.39 is 12.0 Å². The maximum atomic E-state index is 13.8. The number of allylic oxidation sites excluding steroid dienone is 1. The van der Waals surface area contributed by atoms with E-state index in [1.54, 1.807) is 62.8 Å². The third kappa shape index (κ3) is 5.36. The van der Waals surface area contributed by atoms with E-state index >= 15 is 0 Å². The first kappa shape index (κ1) is 26.8. The molecule has 2 heterocycles. The van der Waals surface area contributed by atoms with Crippen molar-refractivity contribution < 1.29 is 23.7 Å². The molecule has 3 aromatic rings. The van der Waals surface area contributed by atoms with E-state index in [-0.39, 0.29) is 18.3 Å².